The van der Waals surface area contributed by atoms with E-state index in [2.05, 4.69) is 58.5 Å². The zero-order valence-corrected chi connectivity index (χ0v) is 18.1. The minimum Gasteiger partial charge on any atom is -0.467 e. The Morgan fingerprint density at radius 2 is 1.90 bits per heavy atom. The molecule has 0 radical (unpaired) electrons. The van der Waals surface area contributed by atoms with Gasteiger partial charge >= 0.3 is 0 Å². The number of carbonyl (C=O) groups excluding carboxylic acids is 1. The number of hydrogen-bond donors (Lipinski definition) is 0. The molecule has 1 unspecified atom stereocenters. The molecule has 1 fully saturated rings. The Bertz CT molecular complexity index is 1010. The van der Waals surface area contributed by atoms with Crippen LogP contribution < -0.4 is 4.90 Å². The smallest absolute Gasteiger partial charge is 0.257 e. The molecule has 2 aromatic heterocycles. The van der Waals surface area contributed by atoms with Crippen molar-refractivity contribution < 1.29 is 9.21 Å². The summed E-state index contributed by atoms with van der Waals surface area (Å²) >= 11 is 1.79. The van der Waals surface area contributed by atoms with Gasteiger partial charge in [-0.2, -0.15) is 0 Å². The highest BCUT2D eigenvalue weighted by Crippen LogP contribution is 2.33. The molecule has 1 saturated heterocycles. The molecular weight excluding hydrogens is 394 g/mol. The van der Waals surface area contributed by atoms with Crippen molar-refractivity contribution >= 4 is 22.9 Å². The molecule has 3 aromatic rings. The molecule has 156 valence electrons. The summed E-state index contributed by atoms with van der Waals surface area (Å²) in [6.45, 7) is 7.18. The zero-order valence-electron chi connectivity index (χ0n) is 17.3. The Morgan fingerprint density at radius 1 is 1.07 bits per heavy atom. The van der Waals surface area contributed by atoms with E-state index < -0.39 is 0 Å². The van der Waals surface area contributed by atoms with E-state index in [-0.39, 0.29) is 5.91 Å². The third-order valence-electron chi connectivity index (χ3n) is 6.26. The molecular formula is C24H27N3O2S. The van der Waals surface area contributed by atoms with Crippen molar-refractivity contribution in [1.82, 2.24) is 9.80 Å². The summed E-state index contributed by atoms with van der Waals surface area (Å²) in [4.78, 5) is 21.4. The highest BCUT2D eigenvalue weighted by Gasteiger charge is 2.30. The van der Waals surface area contributed by atoms with E-state index in [0.717, 1.165) is 44.9 Å². The Hall–Kier alpha value is -2.57. The van der Waals surface area contributed by atoms with Crippen LogP contribution in [0.25, 0.3) is 0 Å². The summed E-state index contributed by atoms with van der Waals surface area (Å²) in [6.07, 6.45) is 2.69. The SMILES string of the molecule is CC1Cc2ccccc2N1Cc1occc1C(=O)N1CCN(Cc2cccs2)CC1. The number of furan rings is 1. The number of piperazine rings is 1. The number of fused-ring (bicyclic) bond motifs is 1. The van der Waals surface area contributed by atoms with Gasteiger partial charge in [-0.15, -0.1) is 11.3 Å². The van der Waals surface area contributed by atoms with Crippen LogP contribution in [0.3, 0.4) is 0 Å². The summed E-state index contributed by atoms with van der Waals surface area (Å²) in [6, 6.07) is 15.0. The molecule has 6 heteroatoms. The summed E-state index contributed by atoms with van der Waals surface area (Å²) in [7, 11) is 0. The maximum Gasteiger partial charge on any atom is 0.257 e. The maximum absolute atomic E-state index is 13.2. The van der Waals surface area contributed by atoms with Gasteiger partial charge in [0.1, 0.15) is 5.76 Å². The minimum absolute atomic E-state index is 0.0923. The number of amides is 1. The first-order chi connectivity index (χ1) is 14.7. The number of benzene rings is 1. The van der Waals surface area contributed by atoms with Crippen molar-refractivity contribution in [1.29, 1.82) is 0 Å². The molecule has 30 heavy (non-hydrogen) atoms. The molecule has 0 saturated carbocycles. The second kappa shape index (κ2) is 8.28. The van der Waals surface area contributed by atoms with Gasteiger partial charge in [0.25, 0.3) is 5.91 Å². The first-order valence-corrected chi connectivity index (χ1v) is 11.5. The first-order valence-electron chi connectivity index (χ1n) is 10.6. The van der Waals surface area contributed by atoms with Gasteiger partial charge in [-0.25, -0.2) is 0 Å². The van der Waals surface area contributed by atoms with Gasteiger partial charge in [0.2, 0.25) is 0 Å². The third kappa shape index (κ3) is 3.77. The van der Waals surface area contributed by atoms with Gasteiger partial charge in [0.05, 0.1) is 18.4 Å². The lowest BCUT2D eigenvalue weighted by atomic mass is 10.1. The molecule has 0 bridgehead atoms. The molecule has 0 spiro atoms. The van der Waals surface area contributed by atoms with Crippen molar-refractivity contribution in [3.05, 3.63) is 75.9 Å². The highest BCUT2D eigenvalue weighted by molar-refractivity contribution is 7.09. The van der Waals surface area contributed by atoms with Crippen LogP contribution in [0.5, 0.6) is 0 Å². The van der Waals surface area contributed by atoms with Crippen LogP contribution in [0, 0.1) is 0 Å². The second-order valence-electron chi connectivity index (χ2n) is 8.21. The number of para-hydroxylation sites is 1. The summed E-state index contributed by atoms with van der Waals surface area (Å²) in [5.41, 5.74) is 3.33. The lowest BCUT2D eigenvalue weighted by molar-refractivity contribution is 0.0627. The Morgan fingerprint density at radius 3 is 2.70 bits per heavy atom. The average molecular weight is 422 g/mol. The number of anilines is 1. The predicted octanol–water partition coefficient (Wildman–Crippen LogP) is 4.25. The van der Waals surface area contributed by atoms with Crippen LogP contribution in [-0.2, 0) is 19.5 Å². The van der Waals surface area contributed by atoms with Crippen molar-refractivity contribution in [3.63, 3.8) is 0 Å². The zero-order chi connectivity index (χ0) is 20.5. The van der Waals surface area contributed by atoms with Crippen LogP contribution in [0.15, 0.2) is 58.5 Å². The molecule has 1 aromatic carbocycles. The van der Waals surface area contributed by atoms with Gasteiger partial charge in [0, 0.05) is 49.3 Å². The van der Waals surface area contributed by atoms with E-state index in [1.54, 1.807) is 17.6 Å². The number of rotatable bonds is 5. The lowest BCUT2D eigenvalue weighted by Gasteiger charge is -2.34. The van der Waals surface area contributed by atoms with Crippen LogP contribution in [-0.4, -0.2) is 47.9 Å². The van der Waals surface area contributed by atoms with Crippen molar-refractivity contribution in [2.24, 2.45) is 0 Å². The molecule has 4 heterocycles. The van der Waals surface area contributed by atoms with Gasteiger partial charge in [-0.3, -0.25) is 9.69 Å². The third-order valence-corrected chi connectivity index (χ3v) is 7.12. The van der Waals surface area contributed by atoms with E-state index in [9.17, 15) is 4.79 Å². The Balaban J connectivity index is 1.24. The first kappa shape index (κ1) is 19.4. The fourth-order valence-electron chi connectivity index (χ4n) is 4.58. The monoisotopic (exact) mass is 421 g/mol. The van der Waals surface area contributed by atoms with Crippen molar-refractivity contribution in [2.45, 2.75) is 32.5 Å². The molecule has 5 rings (SSSR count). The minimum atomic E-state index is 0.0923. The van der Waals surface area contributed by atoms with E-state index in [1.165, 1.54) is 16.1 Å². The van der Waals surface area contributed by atoms with Crippen molar-refractivity contribution in [3.8, 4) is 0 Å². The molecule has 0 N–H and O–H groups in total. The van der Waals surface area contributed by atoms with Crippen LogP contribution in [0.2, 0.25) is 0 Å². The van der Waals surface area contributed by atoms with Gasteiger partial charge in [0.15, 0.2) is 0 Å². The number of thiophene rings is 1. The standard InChI is InChI=1S/C24H27N3O2S/c1-18-15-19-5-2-3-7-22(19)27(18)17-23-21(8-13-29-23)24(28)26-11-9-25(10-12-26)16-20-6-4-14-30-20/h2-8,13-14,18H,9-12,15-17H2,1H3. The molecule has 0 aliphatic carbocycles. The molecule has 1 amide bonds. The maximum atomic E-state index is 13.2. The van der Waals surface area contributed by atoms with E-state index in [0.29, 0.717) is 18.2 Å². The topological polar surface area (TPSA) is 39.9 Å². The van der Waals surface area contributed by atoms with Gasteiger partial charge in [-0.05, 0) is 42.5 Å². The molecule has 1 atom stereocenters. The Kier molecular flexibility index (Phi) is 5.35. The number of carbonyl (C=O) groups is 1. The van der Waals surface area contributed by atoms with Gasteiger partial charge < -0.3 is 14.2 Å². The molecule has 5 nitrogen and oxygen atoms in total. The lowest BCUT2D eigenvalue weighted by Crippen LogP contribution is -2.48. The summed E-state index contributed by atoms with van der Waals surface area (Å²) in [5, 5.41) is 2.12. The van der Waals surface area contributed by atoms with Crippen molar-refractivity contribution in [2.75, 3.05) is 31.1 Å². The molecule has 2 aliphatic rings. The quantitative estimate of drug-likeness (QED) is 0.618. The van der Waals surface area contributed by atoms with E-state index in [4.69, 9.17) is 4.42 Å². The number of nitrogens with zero attached hydrogens (tertiary/aromatic N) is 3. The van der Waals surface area contributed by atoms with Gasteiger partial charge in [-0.1, -0.05) is 24.3 Å². The number of hydrogen-bond acceptors (Lipinski definition) is 5. The fraction of sp³-hybridized carbons (Fsp3) is 0.375. The van der Waals surface area contributed by atoms with Crippen LogP contribution in [0.4, 0.5) is 5.69 Å². The second-order valence-corrected chi connectivity index (χ2v) is 9.25. The highest BCUT2D eigenvalue weighted by atomic mass is 32.1. The normalized spacial score (nSPS) is 19.3. The largest absolute Gasteiger partial charge is 0.467 e. The summed E-state index contributed by atoms with van der Waals surface area (Å²) < 4.78 is 5.79. The van der Waals surface area contributed by atoms with E-state index in [1.807, 2.05) is 11.0 Å². The average Bonchev–Trinajstić information content (AvgIpc) is 3.50. The van der Waals surface area contributed by atoms with Crippen LogP contribution >= 0.6 is 11.3 Å². The van der Waals surface area contributed by atoms with E-state index >= 15 is 0 Å². The Labute approximate surface area is 181 Å². The van der Waals surface area contributed by atoms with Crippen LogP contribution in [0.1, 0.15) is 33.5 Å². The summed E-state index contributed by atoms with van der Waals surface area (Å²) in [5.74, 6) is 0.860. The molecule has 2 aliphatic heterocycles. The fourth-order valence-corrected chi connectivity index (χ4v) is 5.33. The predicted molar refractivity (Wildman–Crippen MR) is 120 cm³/mol.